The lowest BCUT2D eigenvalue weighted by molar-refractivity contribution is 0.0734. The van der Waals surface area contributed by atoms with Crippen LogP contribution in [0.2, 0.25) is 0 Å². The number of carbonyl (C=O) groups excluding carboxylic acids is 1. The summed E-state index contributed by atoms with van der Waals surface area (Å²) in [5.74, 6) is 1.71. The number of hydrogen-bond donors (Lipinski definition) is 1. The third kappa shape index (κ3) is 3.21. The Kier molecular flexibility index (Phi) is 4.75. The maximum atomic E-state index is 13.2. The smallest absolute Gasteiger partial charge is 0.254 e. The number of hydrogen-bond acceptors (Lipinski definition) is 3. The average molecular weight is 378 g/mol. The lowest BCUT2D eigenvalue weighted by atomic mass is 9.98. The fraction of sp³-hybridized carbons (Fsp3) is 0.348. The number of rotatable bonds is 4. The first-order valence-corrected chi connectivity index (χ1v) is 9.66. The molecule has 0 spiro atoms. The summed E-state index contributed by atoms with van der Waals surface area (Å²) in [6, 6.07) is 11.9. The Morgan fingerprint density at radius 1 is 1.07 bits per heavy atom. The Morgan fingerprint density at radius 2 is 1.79 bits per heavy atom. The van der Waals surface area contributed by atoms with Gasteiger partial charge >= 0.3 is 0 Å². The van der Waals surface area contributed by atoms with Crippen molar-refractivity contribution in [3.8, 4) is 11.5 Å². The Labute approximate surface area is 165 Å². The monoisotopic (exact) mass is 378 g/mol. The van der Waals surface area contributed by atoms with Crippen molar-refractivity contribution < 1.29 is 14.3 Å². The van der Waals surface area contributed by atoms with Crippen LogP contribution in [0.15, 0.2) is 36.4 Å². The van der Waals surface area contributed by atoms with E-state index in [0.29, 0.717) is 36.1 Å². The van der Waals surface area contributed by atoms with E-state index in [1.165, 1.54) is 22.2 Å². The first kappa shape index (κ1) is 18.4. The molecule has 2 heterocycles. The van der Waals surface area contributed by atoms with Gasteiger partial charge in [-0.05, 0) is 35.7 Å². The zero-order chi connectivity index (χ0) is 19.8. The van der Waals surface area contributed by atoms with Crippen LogP contribution in [0.1, 0.15) is 46.9 Å². The van der Waals surface area contributed by atoms with Crippen molar-refractivity contribution >= 4 is 16.8 Å². The molecule has 5 heteroatoms. The molecule has 0 radical (unpaired) electrons. The first-order valence-electron chi connectivity index (χ1n) is 9.66. The number of nitrogens with zero attached hydrogens (tertiary/aromatic N) is 1. The molecule has 1 amide bonds. The van der Waals surface area contributed by atoms with Crippen LogP contribution in [0.25, 0.3) is 10.9 Å². The second kappa shape index (κ2) is 7.23. The number of amides is 1. The molecule has 0 saturated carbocycles. The maximum Gasteiger partial charge on any atom is 0.254 e. The Hall–Kier alpha value is -2.95. The van der Waals surface area contributed by atoms with E-state index in [2.05, 4.69) is 37.0 Å². The summed E-state index contributed by atoms with van der Waals surface area (Å²) in [5.41, 5.74) is 5.51. The zero-order valence-corrected chi connectivity index (χ0v) is 16.8. The molecule has 0 atom stereocenters. The van der Waals surface area contributed by atoms with Gasteiger partial charge in [-0.3, -0.25) is 4.79 Å². The van der Waals surface area contributed by atoms with E-state index in [1.54, 1.807) is 32.4 Å². The minimum absolute atomic E-state index is 0.00258. The number of benzene rings is 2. The molecule has 28 heavy (non-hydrogen) atoms. The predicted molar refractivity (Wildman–Crippen MR) is 110 cm³/mol. The highest BCUT2D eigenvalue weighted by Crippen LogP contribution is 2.31. The number of H-pyrrole nitrogens is 1. The largest absolute Gasteiger partial charge is 0.497 e. The lowest BCUT2D eigenvalue weighted by Gasteiger charge is -2.27. The molecule has 0 aliphatic carbocycles. The van der Waals surface area contributed by atoms with Gasteiger partial charge in [-0.15, -0.1) is 0 Å². The summed E-state index contributed by atoms with van der Waals surface area (Å²) >= 11 is 0. The van der Waals surface area contributed by atoms with Gasteiger partial charge in [0.25, 0.3) is 5.91 Å². The van der Waals surface area contributed by atoms with E-state index in [0.717, 1.165) is 11.9 Å². The molecule has 1 aromatic heterocycles. The van der Waals surface area contributed by atoms with Crippen LogP contribution in [-0.4, -0.2) is 36.6 Å². The molecule has 3 aromatic rings. The summed E-state index contributed by atoms with van der Waals surface area (Å²) < 4.78 is 10.6. The molecule has 1 aliphatic heterocycles. The highest BCUT2D eigenvalue weighted by atomic mass is 16.5. The number of aromatic nitrogens is 1. The molecule has 5 nitrogen and oxygen atoms in total. The maximum absolute atomic E-state index is 13.2. The minimum atomic E-state index is -0.00258. The van der Waals surface area contributed by atoms with E-state index in [-0.39, 0.29) is 5.91 Å². The second-order valence-corrected chi connectivity index (χ2v) is 7.62. The van der Waals surface area contributed by atoms with Crippen molar-refractivity contribution in [2.75, 3.05) is 20.8 Å². The average Bonchev–Trinajstić information content (AvgIpc) is 3.09. The van der Waals surface area contributed by atoms with Gasteiger partial charge in [0, 0.05) is 53.3 Å². The summed E-state index contributed by atoms with van der Waals surface area (Å²) in [6.45, 7) is 5.70. The predicted octanol–water partition coefficient (Wildman–Crippen LogP) is 4.51. The summed E-state index contributed by atoms with van der Waals surface area (Å²) in [5, 5.41) is 1.22. The Balaban J connectivity index is 1.67. The van der Waals surface area contributed by atoms with Gasteiger partial charge < -0.3 is 19.4 Å². The zero-order valence-electron chi connectivity index (χ0n) is 16.8. The molecule has 4 rings (SSSR count). The molecule has 1 N–H and O–H groups in total. The van der Waals surface area contributed by atoms with Gasteiger partial charge in [-0.1, -0.05) is 19.9 Å². The fourth-order valence-electron chi connectivity index (χ4n) is 3.88. The van der Waals surface area contributed by atoms with E-state index in [1.807, 2.05) is 4.90 Å². The molecule has 0 bridgehead atoms. The third-order valence-electron chi connectivity index (χ3n) is 5.55. The molecule has 0 saturated heterocycles. The van der Waals surface area contributed by atoms with Crippen LogP contribution in [0, 0.1) is 0 Å². The summed E-state index contributed by atoms with van der Waals surface area (Å²) in [4.78, 5) is 18.6. The molecule has 0 unspecified atom stereocenters. The molecule has 146 valence electrons. The summed E-state index contributed by atoms with van der Waals surface area (Å²) in [6.07, 6.45) is 0.827. The number of fused-ring (bicyclic) bond motifs is 3. The minimum Gasteiger partial charge on any atom is -0.497 e. The van der Waals surface area contributed by atoms with Crippen molar-refractivity contribution in [1.29, 1.82) is 0 Å². The molecular weight excluding hydrogens is 352 g/mol. The number of nitrogens with one attached hydrogen (secondary N) is 1. The van der Waals surface area contributed by atoms with E-state index < -0.39 is 0 Å². The summed E-state index contributed by atoms with van der Waals surface area (Å²) in [7, 11) is 3.18. The van der Waals surface area contributed by atoms with Gasteiger partial charge in [0.2, 0.25) is 0 Å². The van der Waals surface area contributed by atoms with Gasteiger partial charge in [-0.25, -0.2) is 0 Å². The standard InChI is InChI=1S/C23H26N2O3/c1-14(2)15-5-6-21-19(11-15)20-13-25(8-7-22(20)24-21)23(26)16-9-17(27-3)12-18(10-16)28-4/h5-6,9-12,14,24H,7-8,13H2,1-4H3. The molecule has 1 aliphatic rings. The first-order chi connectivity index (χ1) is 13.5. The fourth-order valence-corrected chi connectivity index (χ4v) is 3.88. The number of carbonyl (C=O) groups is 1. The van der Waals surface area contributed by atoms with Gasteiger partial charge in [0.05, 0.1) is 14.2 Å². The van der Waals surface area contributed by atoms with E-state index in [9.17, 15) is 4.79 Å². The molecular formula is C23H26N2O3. The van der Waals surface area contributed by atoms with Crippen molar-refractivity contribution in [2.45, 2.75) is 32.7 Å². The van der Waals surface area contributed by atoms with Gasteiger partial charge in [0.1, 0.15) is 11.5 Å². The van der Waals surface area contributed by atoms with Crippen LogP contribution in [0.5, 0.6) is 11.5 Å². The van der Waals surface area contributed by atoms with E-state index >= 15 is 0 Å². The van der Waals surface area contributed by atoms with Crippen molar-refractivity contribution in [3.05, 3.63) is 58.8 Å². The van der Waals surface area contributed by atoms with E-state index in [4.69, 9.17) is 9.47 Å². The van der Waals surface area contributed by atoms with Crippen LogP contribution in [-0.2, 0) is 13.0 Å². The van der Waals surface area contributed by atoms with Crippen LogP contribution < -0.4 is 9.47 Å². The Morgan fingerprint density at radius 3 is 2.43 bits per heavy atom. The topological polar surface area (TPSA) is 54.6 Å². The molecule has 2 aromatic carbocycles. The lowest BCUT2D eigenvalue weighted by Crippen LogP contribution is -2.35. The SMILES string of the molecule is COc1cc(OC)cc(C(=O)N2CCc3[nH]c4ccc(C(C)C)cc4c3C2)c1. The molecule has 0 fully saturated rings. The van der Waals surface area contributed by atoms with Crippen molar-refractivity contribution in [1.82, 2.24) is 9.88 Å². The third-order valence-corrected chi connectivity index (χ3v) is 5.55. The van der Waals surface area contributed by atoms with Crippen LogP contribution in [0.3, 0.4) is 0 Å². The number of methoxy groups -OCH3 is 2. The number of aromatic amines is 1. The van der Waals surface area contributed by atoms with Gasteiger partial charge in [-0.2, -0.15) is 0 Å². The quantitative estimate of drug-likeness (QED) is 0.727. The second-order valence-electron chi connectivity index (χ2n) is 7.62. The normalized spacial score (nSPS) is 13.7. The van der Waals surface area contributed by atoms with Crippen LogP contribution >= 0.6 is 0 Å². The van der Waals surface area contributed by atoms with Crippen molar-refractivity contribution in [3.63, 3.8) is 0 Å². The Bertz CT molecular complexity index is 1010. The van der Waals surface area contributed by atoms with Crippen molar-refractivity contribution in [2.24, 2.45) is 0 Å². The van der Waals surface area contributed by atoms with Crippen LogP contribution in [0.4, 0.5) is 0 Å². The van der Waals surface area contributed by atoms with Gasteiger partial charge in [0.15, 0.2) is 0 Å². The number of ether oxygens (including phenoxy) is 2. The highest BCUT2D eigenvalue weighted by molar-refractivity contribution is 5.96. The highest BCUT2D eigenvalue weighted by Gasteiger charge is 2.25.